The molecule has 1 aliphatic heterocycles. The Kier molecular flexibility index (Phi) is 6.28. The summed E-state index contributed by atoms with van der Waals surface area (Å²) in [5, 5.41) is 13.8. The van der Waals surface area contributed by atoms with Crippen molar-refractivity contribution in [2.75, 3.05) is 12.0 Å². The van der Waals surface area contributed by atoms with Gasteiger partial charge in [-0.25, -0.2) is 4.79 Å². The first-order valence-corrected chi connectivity index (χ1v) is 10.0. The molecule has 1 saturated carbocycles. The van der Waals surface area contributed by atoms with E-state index in [1.54, 1.807) is 0 Å². The number of nitrogens with one attached hydrogen (secondary N) is 3. The molecule has 0 bridgehead atoms. The molecule has 0 unspecified atom stereocenters. The van der Waals surface area contributed by atoms with Crippen molar-refractivity contribution in [1.29, 1.82) is 0 Å². The number of hydrazine groups is 1. The van der Waals surface area contributed by atoms with Gasteiger partial charge in [0, 0.05) is 6.07 Å². The summed E-state index contributed by atoms with van der Waals surface area (Å²) in [4.78, 5) is 48.2. The number of amides is 4. The standard InChI is InChI=1S/C19H22F3N5O5/c1-2-11-5-7-18(8-6-11)16(29)26(17(30)23-18)10-15(28)25-24-13-4-3-12(19(20,21)22)9-14(13)27(31)32/h3-4,9,11,24H,2,5-8,10H2,1H3,(H,23,30)(H,25,28). The maximum atomic E-state index is 12.8. The van der Waals surface area contributed by atoms with Crippen LogP contribution in [0.4, 0.5) is 29.3 Å². The Morgan fingerprint density at radius 3 is 2.53 bits per heavy atom. The minimum Gasteiger partial charge on any atom is -0.323 e. The molecule has 1 aliphatic carbocycles. The van der Waals surface area contributed by atoms with Crippen LogP contribution in [-0.2, 0) is 15.8 Å². The van der Waals surface area contributed by atoms with Crippen LogP contribution in [-0.4, -0.2) is 39.8 Å². The molecule has 0 atom stereocenters. The normalized spacial score (nSPS) is 23.2. The van der Waals surface area contributed by atoms with Gasteiger partial charge in [0.1, 0.15) is 17.8 Å². The highest BCUT2D eigenvalue weighted by Gasteiger charge is 2.52. The van der Waals surface area contributed by atoms with Gasteiger partial charge in [-0.2, -0.15) is 13.2 Å². The molecule has 3 rings (SSSR count). The highest BCUT2D eigenvalue weighted by atomic mass is 19.4. The first kappa shape index (κ1) is 23.3. The topological polar surface area (TPSA) is 134 Å². The number of halogens is 3. The highest BCUT2D eigenvalue weighted by molar-refractivity contribution is 6.09. The Morgan fingerprint density at radius 1 is 1.31 bits per heavy atom. The maximum Gasteiger partial charge on any atom is 0.416 e. The molecule has 2 aliphatic rings. The number of rotatable bonds is 6. The van der Waals surface area contributed by atoms with Crippen LogP contribution in [0.5, 0.6) is 0 Å². The van der Waals surface area contributed by atoms with Crippen molar-refractivity contribution >= 4 is 29.2 Å². The lowest BCUT2D eigenvalue weighted by Gasteiger charge is -2.34. The van der Waals surface area contributed by atoms with Crippen molar-refractivity contribution in [2.45, 2.75) is 50.7 Å². The van der Waals surface area contributed by atoms with Crippen LogP contribution in [0, 0.1) is 16.0 Å². The Labute approximate surface area is 180 Å². The molecule has 10 nitrogen and oxygen atoms in total. The van der Waals surface area contributed by atoms with Crippen LogP contribution in [0.3, 0.4) is 0 Å². The van der Waals surface area contributed by atoms with Crippen LogP contribution in [0.15, 0.2) is 18.2 Å². The molecule has 1 heterocycles. The third-order valence-electron chi connectivity index (χ3n) is 5.94. The zero-order valence-corrected chi connectivity index (χ0v) is 17.1. The van der Waals surface area contributed by atoms with Gasteiger partial charge >= 0.3 is 12.2 Å². The molecule has 32 heavy (non-hydrogen) atoms. The molecule has 1 aromatic rings. The fourth-order valence-electron chi connectivity index (χ4n) is 4.02. The lowest BCUT2D eigenvalue weighted by Crippen LogP contribution is -2.50. The van der Waals surface area contributed by atoms with Gasteiger partial charge < -0.3 is 5.32 Å². The van der Waals surface area contributed by atoms with E-state index in [9.17, 15) is 37.7 Å². The van der Waals surface area contributed by atoms with E-state index in [4.69, 9.17) is 0 Å². The minimum atomic E-state index is -4.78. The molecule has 3 N–H and O–H groups in total. The maximum absolute atomic E-state index is 12.8. The summed E-state index contributed by atoms with van der Waals surface area (Å²) in [6, 6.07) is 1.05. The molecule has 2 fully saturated rings. The zero-order chi connectivity index (χ0) is 23.7. The molecule has 13 heteroatoms. The van der Waals surface area contributed by atoms with Gasteiger partial charge in [-0.05, 0) is 43.7 Å². The first-order valence-electron chi connectivity index (χ1n) is 10.0. The van der Waals surface area contributed by atoms with Gasteiger partial charge in [0.2, 0.25) is 0 Å². The average Bonchev–Trinajstić information content (AvgIpc) is 2.96. The Bertz CT molecular complexity index is 944. The van der Waals surface area contributed by atoms with Gasteiger partial charge in [0.25, 0.3) is 17.5 Å². The van der Waals surface area contributed by atoms with Crippen molar-refractivity contribution in [3.8, 4) is 0 Å². The van der Waals surface area contributed by atoms with E-state index in [1.807, 2.05) is 0 Å². The predicted octanol–water partition coefficient (Wildman–Crippen LogP) is 2.95. The summed E-state index contributed by atoms with van der Waals surface area (Å²) in [7, 11) is 0. The molecule has 1 aromatic carbocycles. The summed E-state index contributed by atoms with van der Waals surface area (Å²) in [5.41, 5.74) is 0.731. The number of hydrogen-bond acceptors (Lipinski definition) is 6. The van der Waals surface area contributed by atoms with E-state index in [0.717, 1.165) is 30.2 Å². The number of hydrogen-bond donors (Lipinski definition) is 3. The Balaban J connectivity index is 1.64. The average molecular weight is 457 g/mol. The van der Waals surface area contributed by atoms with Gasteiger partial charge in [0.05, 0.1) is 10.5 Å². The number of imide groups is 1. The molecule has 0 aromatic heterocycles. The monoisotopic (exact) mass is 457 g/mol. The van der Waals surface area contributed by atoms with Crippen LogP contribution in [0.1, 0.15) is 44.6 Å². The van der Waals surface area contributed by atoms with Gasteiger partial charge in [-0.1, -0.05) is 13.3 Å². The van der Waals surface area contributed by atoms with Gasteiger partial charge in [-0.3, -0.25) is 35.5 Å². The predicted molar refractivity (Wildman–Crippen MR) is 105 cm³/mol. The van der Waals surface area contributed by atoms with Crippen molar-refractivity contribution in [2.24, 2.45) is 5.92 Å². The van der Waals surface area contributed by atoms with Crippen molar-refractivity contribution in [3.05, 3.63) is 33.9 Å². The summed E-state index contributed by atoms with van der Waals surface area (Å²) < 4.78 is 38.3. The third kappa shape index (κ3) is 4.60. The summed E-state index contributed by atoms with van der Waals surface area (Å²) >= 11 is 0. The van der Waals surface area contributed by atoms with Crippen molar-refractivity contribution < 1.29 is 32.5 Å². The van der Waals surface area contributed by atoms with E-state index in [1.165, 1.54) is 0 Å². The first-order chi connectivity index (χ1) is 15.0. The van der Waals surface area contributed by atoms with E-state index in [0.29, 0.717) is 30.9 Å². The van der Waals surface area contributed by atoms with E-state index < -0.39 is 52.3 Å². The number of nitrogens with zero attached hydrogens (tertiary/aromatic N) is 2. The van der Waals surface area contributed by atoms with Crippen LogP contribution < -0.4 is 16.2 Å². The van der Waals surface area contributed by atoms with E-state index >= 15 is 0 Å². The lowest BCUT2D eigenvalue weighted by atomic mass is 9.75. The zero-order valence-electron chi connectivity index (χ0n) is 17.1. The van der Waals surface area contributed by atoms with E-state index in [2.05, 4.69) is 23.1 Å². The number of carbonyl (C=O) groups excluding carboxylic acids is 3. The summed E-state index contributed by atoms with van der Waals surface area (Å²) in [6.07, 6.45) is -1.29. The number of alkyl halides is 3. The number of anilines is 1. The fraction of sp³-hybridized carbons (Fsp3) is 0.526. The second-order valence-electron chi connectivity index (χ2n) is 7.92. The molecular formula is C19H22F3N5O5. The van der Waals surface area contributed by atoms with Crippen molar-refractivity contribution in [3.63, 3.8) is 0 Å². The van der Waals surface area contributed by atoms with Crippen LogP contribution in [0.25, 0.3) is 0 Å². The number of urea groups is 1. The SMILES string of the molecule is CCC1CCC2(CC1)NC(=O)N(CC(=O)NNc1ccc(C(F)(F)F)cc1[N+](=O)[O-])C2=O. The van der Waals surface area contributed by atoms with Crippen LogP contribution >= 0.6 is 0 Å². The molecule has 0 radical (unpaired) electrons. The fourth-order valence-corrected chi connectivity index (χ4v) is 4.02. The second kappa shape index (κ2) is 8.63. The molecule has 1 spiro atoms. The Hall–Kier alpha value is -3.38. The molecule has 174 valence electrons. The quantitative estimate of drug-likeness (QED) is 0.342. The Morgan fingerprint density at radius 2 is 1.97 bits per heavy atom. The van der Waals surface area contributed by atoms with Gasteiger partial charge in [-0.15, -0.1) is 0 Å². The smallest absolute Gasteiger partial charge is 0.323 e. The van der Waals surface area contributed by atoms with Crippen molar-refractivity contribution in [1.82, 2.24) is 15.6 Å². The molecular weight excluding hydrogens is 435 g/mol. The van der Waals surface area contributed by atoms with Gasteiger partial charge in [0.15, 0.2) is 0 Å². The second-order valence-corrected chi connectivity index (χ2v) is 7.92. The molecule has 4 amide bonds. The number of nitro groups is 1. The minimum absolute atomic E-state index is 0.336. The third-order valence-corrected chi connectivity index (χ3v) is 5.94. The van der Waals surface area contributed by atoms with E-state index in [-0.39, 0.29) is 5.69 Å². The van der Waals surface area contributed by atoms with Crippen LogP contribution in [0.2, 0.25) is 0 Å². The summed E-state index contributed by atoms with van der Waals surface area (Å²) in [6.45, 7) is 1.41. The highest BCUT2D eigenvalue weighted by Crippen LogP contribution is 2.38. The largest absolute Gasteiger partial charge is 0.416 e. The summed E-state index contributed by atoms with van der Waals surface area (Å²) in [5.74, 6) is -0.902. The number of carbonyl (C=O) groups is 3. The lowest BCUT2D eigenvalue weighted by molar-refractivity contribution is -0.384. The number of nitro benzene ring substituents is 1. The molecule has 1 saturated heterocycles. The number of benzene rings is 1.